The Morgan fingerprint density at radius 2 is 1.82 bits per heavy atom. The van der Waals surface area contributed by atoms with E-state index in [1.54, 1.807) is 0 Å². The highest BCUT2D eigenvalue weighted by atomic mass is 16.5. The summed E-state index contributed by atoms with van der Waals surface area (Å²) < 4.78 is 5.34. The molecule has 2 rings (SSSR count). The van der Waals surface area contributed by atoms with E-state index in [4.69, 9.17) is 10.5 Å². The third kappa shape index (κ3) is 1.88. The first kappa shape index (κ1) is 12.6. The van der Waals surface area contributed by atoms with Gasteiger partial charge in [0.05, 0.1) is 24.7 Å². The van der Waals surface area contributed by atoms with Gasteiger partial charge in [0.25, 0.3) is 0 Å². The van der Waals surface area contributed by atoms with E-state index in [2.05, 4.69) is 32.9 Å². The molecule has 1 unspecified atom stereocenters. The molecule has 0 saturated carbocycles. The highest BCUT2D eigenvalue weighted by Gasteiger charge is 2.47. The van der Waals surface area contributed by atoms with Crippen LogP contribution in [-0.2, 0) is 10.2 Å². The number of benzene rings is 1. The molecule has 1 aromatic rings. The van der Waals surface area contributed by atoms with Crippen molar-refractivity contribution in [3.63, 3.8) is 0 Å². The summed E-state index contributed by atoms with van der Waals surface area (Å²) in [4.78, 5) is 0. The molecule has 0 radical (unpaired) electrons. The molecule has 94 valence electrons. The molecule has 0 bridgehead atoms. The highest BCUT2D eigenvalue weighted by molar-refractivity contribution is 5.45. The Kier molecular flexibility index (Phi) is 3.25. The first-order valence-corrected chi connectivity index (χ1v) is 6.05. The maximum Gasteiger partial charge on any atom is 0.0803 e. The lowest BCUT2D eigenvalue weighted by atomic mass is 9.70. The van der Waals surface area contributed by atoms with Crippen LogP contribution < -0.4 is 5.73 Å². The van der Waals surface area contributed by atoms with Gasteiger partial charge < -0.3 is 15.6 Å². The smallest absolute Gasteiger partial charge is 0.0803 e. The molecule has 17 heavy (non-hydrogen) atoms. The van der Waals surface area contributed by atoms with E-state index in [9.17, 15) is 5.11 Å². The lowest BCUT2D eigenvalue weighted by molar-refractivity contribution is -0.117. The second kappa shape index (κ2) is 4.41. The molecule has 0 spiro atoms. The summed E-state index contributed by atoms with van der Waals surface area (Å²) in [7, 11) is 0. The second-order valence-electron chi connectivity index (χ2n) is 5.17. The van der Waals surface area contributed by atoms with E-state index in [1.165, 1.54) is 22.3 Å². The van der Waals surface area contributed by atoms with Gasteiger partial charge in [0.15, 0.2) is 0 Å². The van der Waals surface area contributed by atoms with Crippen molar-refractivity contribution in [1.29, 1.82) is 0 Å². The van der Waals surface area contributed by atoms with Crippen LogP contribution in [0.4, 0.5) is 0 Å². The SMILES string of the molecule is Cc1cc(C)c(C2(C(O)CN)COC2)c(C)c1. The summed E-state index contributed by atoms with van der Waals surface area (Å²) in [5.41, 5.74) is 10.2. The summed E-state index contributed by atoms with van der Waals surface area (Å²) in [6, 6.07) is 4.32. The monoisotopic (exact) mass is 235 g/mol. The summed E-state index contributed by atoms with van der Waals surface area (Å²) >= 11 is 0. The van der Waals surface area contributed by atoms with Crippen molar-refractivity contribution in [2.45, 2.75) is 32.3 Å². The summed E-state index contributed by atoms with van der Waals surface area (Å²) in [6.45, 7) is 7.69. The van der Waals surface area contributed by atoms with E-state index in [1.807, 2.05) is 0 Å². The van der Waals surface area contributed by atoms with Crippen LogP contribution in [0.2, 0.25) is 0 Å². The molecule has 1 aliphatic heterocycles. The quantitative estimate of drug-likeness (QED) is 0.827. The predicted molar refractivity (Wildman–Crippen MR) is 68.2 cm³/mol. The lowest BCUT2D eigenvalue weighted by Crippen LogP contribution is -2.58. The number of hydrogen-bond acceptors (Lipinski definition) is 3. The molecule has 3 N–H and O–H groups in total. The Labute approximate surface area is 103 Å². The van der Waals surface area contributed by atoms with Crippen molar-refractivity contribution < 1.29 is 9.84 Å². The number of ether oxygens (including phenoxy) is 1. The molecule has 1 heterocycles. The standard InChI is InChI=1S/C14H21NO2/c1-9-4-10(2)13(11(3)5-9)14(7-17-8-14)12(16)6-15/h4-5,12,16H,6-8,15H2,1-3H3. The second-order valence-corrected chi connectivity index (χ2v) is 5.17. The van der Waals surface area contributed by atoms with Gasteiger partial charge in [-0.1, -0.05) is 17.7 Å². The van der Waals surface area contributed by atoms with E-state index in [0.717, 1.165) is 0 Å². The van der Waals surface area contributed by atoms with Crippen molar-refractivity contribution in [2.24, 2.45) is 5.73 Å². The number of aryl methyl sites for hydroxylation is 3. The van der Waals surface area contributed by atoms with Gasteiger partial charge in [-0.3, -0.25) is 0 Å². The molecule has 1 aliphatic rings. The van der Waals surface area contributed by atoms with Gasteiger partial charge in [-0.05, 0) is 37.5 Å². The molecule has 1 fully saturated rings. The lowest BCUT2D eigenvalue weighted by Gasteiger charge is -2.46. The van der Waals surface area contributed by atoms with Crippen LogP contribution in [0, 0.1) is 20.8 Å². The molecular weight excluding hydrogens is 214 g/mol. The first-order chi connectivity index (χ1) is 8.01. The van der Waals surface area contributed by atoms with Crippen LogP contribution in [0.5, 0.6) is 0 Å². The van der Waals surface area contributed by atoms with Gasteiger partial charge in [0.1, 0.15) is 0 Å². The van der Waals surface area contributed by atoms with Gasteiger partial charge in [0, 0.05) is 6.54 Å². The zero-order chi connectivity index (χ0) is 12.6. The Morgan fingerprint density at radius 3 is 2.18 bits per heavy atom. The highest BCUT2D eigenvalue weighted by Crippen LogP contribution is 2.39. The third-order valence-electron chi connectivity index (χ3n) is 3.76. The normalized spacial score (nSPS) is 19.8. The van der Waals surface area contributed by atoms with Gasteiger partial charge in [0.2, 0.25) is 0 Å². The largest absolute Gasteiger partial charge is 0.391 e. The Morgan fingerprint density at radius 1 is 1.29 bits per heavy atom. The molecule has 1 atom stereocenters. The Balaban J connectivity index is 2.51. The van der Waals surface area contributed by atoms with Crippen LogP contribution >= 0.6 is 0 Å². The van der Waals surface area contributed by atoms with E-state index >= 15 is 0 Å². The Hall–Kier alpha value is -0.900. The number of nitrogens with two attached hydrogens (primary N) is 1. The van der Waals surface area contributed by atoms with Crippen molar-refractivity contribution in [2.75, 3.05) is 19.8 Å². The van der Waals surface area contributed by atoms with Crippen LogP contribution in [-0.4, -0.2) is 31.0 Å². The molecule has 3 nitrogen and oxygen atoms in total. The van der Waals surface area contributed by atoms with Crippen LogP contribution in [0.1, 0.15) is 22.3 Å². The van der Waals surface area contributed by atoms with Gasteiger partial charge in [-0.25, -0.2) is 0 Å². The average molecular weight is 235 g/mol. The van der Waals surface area contributed by atoms with Crippen molar-refractivity contribution in [1.82, 2.24) is 0 Å². The van der Waals surface area contributed by atoms with Gasteiger partial charge >= 0.3 is 0 Å². The number of rotatable bonds is 3. The minimum absolute atomic E-state index is 0.274. The number of aliphatic hydroxyl groups excluding tert-OH is 1. The maximum atomic E-state index is 10.2. The van der Waals surface area contributed by atoms with E-state index in [-0.39, 0.29) is 12.0 Å². The average Bonchev–Trinajstić information content (AvgIpc) is 2.19. The fraction of sp³-hybridized carbons (Fsp3) is 0.571. The molecular formula is C14H21NO2. The molecule has 3 heteroatoms. The summed E-state index contributed by atoms with van der Waals surface area (Å²) in [5.74, 6) is 0. The van der Waals surface area contributed by atoms with E-state index < -0.39 is 6.10 Å². The molecule has 0 amide bonds. The molecule has 0 aliphatic carbocycles. The minimum Gasteiger partial charge on any atom is -0.391 e. The zero-order valence-electron chi connectivity index (χ0n) is 10.8. The van der Waals surface area contributed by atoms with E-state index in [0.29, 0.717) is 13.2 Å². The van der Waals surface area contributed by atoms with Crippen molar-refractivity contribution in [3.8, 4) is 0 Å². The minimum atomic E-state index is -0.531. The van der Waals surface area contributed by atoms with Crippen molar-refractivity contribution in [3.05, 3.63) is 34.4 Å². The molecule has 1 aromatic carbocycles. The fourth-order valence-electron chi connectivity index (χ4n) is 3.02. The fourth-order valence-corrected chi connectivity index (χ4v) is 3.02. The predicted octanol–water partition coefficient (Wildman–Crippen LogP) is 1.20. The first-order valence-electron chi connectivity index (χ1n) is 6.05. The number of aliphatic hydroxyl groups is 1. The molecule has 0 aromatic heterocycles. The number of hydrogen-bond donors (Lipinski definition) is 2. The van der Waals surface area contributed by atoms with Crippen LogP contribution in [0.3, 0.4) is 0 Å². The third-order valence-corrected chi connectivity index (χ3v) is 3.76. The van der Waals surface area contributed by atoms with Crippen LogP contribution in [0.25, 0.3) is 0 Å². The van der Waals surface area contributed by atoms with Crippen molar-refractivity contribution >= 4 is 0 Å². The topological polar surface area (TPSA) is 55.5 Å². The zero-order valence-corrected chi connectivity index (χ0v) is 10.8. The van der Waals surface area contributed by atoms with Gasteiger partial charge in [-0.15, -0.1) is 0 Å². The summed E-state index contributed by atoms with van der Waals surface area (Å²) in [5, 5.41) is 10.2. The van der Waals surface area contributed by atoms with Gasteiger partial charge in [-0.2, -0.15) is 0 Å². The Bertz CT molecular complexity index is 401. The molecule has 1 saturated heterocycles. The van der Waals surface area contributed by atoms with Crippen LogP contribution in [0.15, 0.2) is 12.1 Å². The summed E-state index contributed by atoms with van der Waals surface area (Å²) in [6.07, 6.45) is -0.531. The maximum absolute atomic E-state index is 10.2.